The van der Waals surface area contributed by atoms with E-state index in [1.807, 2.05) is 0 Å². The van der Waals surface area contributed by atoms with Crippen LogP contribution < -0.4 is 11.1 Å². The Hall–Kier alpha value is -2.35. The smallest absolute Gasteiger partial charge is 0.368 e. The molecule has 0 aromatic heterocycles. The standard InChI is InChI=1S/C17H14BrF3N2O2/c18-13-6-1-3-10(7-13)8-14(15(22)24)23-16(25)11-4-2-5-12(9-11)17(19,20)21/h1-7,9,14H,8H2,(H2,22,24)(H,23,25)/t14-/m1/s1. The molecule has 0 unspecified atom stereocenters. The summed E-state index contributed by atoms with van der Waals surface area (Å²) in [6.45, 7) is 0. The van der Waals surface area contributed by atoms with Crippen LogP contribution >= 0.6 is 15.9 Å². The van der Waals surface area contributed by atoms with E-state index in [4.69, 9.17) is 5.73 Å². The number of alkyl halides is 3. The highest BCUT2D eigenvalue weighted by Crippen LogP contribution is 2.29. The van der Waals surface area contributed by atoms with Gasteiger partial charge in [0.25, 0.3) is 5.91 Å². The second-order valence-electron chi connectivity index (χ2n) is 5.34. The van der Waals surface area contributed by atoms with Crippen LogP contribution in [0.15, 0.2) is 53.0 Å². The number of benzene rings is 2. The van der Waals surface area contributed by atoms with Gasteiger partial charge >= 0.3 is 6.18 Å². The normalized spacial score (nSPS) is 12.5. The maximum absolute atomic E-state index is 12.7. The molecule has 0 heterocycles. The second kappa shape index (κ2) is 7.69. The predicted octanol–water partition coefficient (Wildman–Crippen LogP) is 3.29. The third-order valence-corrected chi connectivity index (χ3v) is 3.92. The minimum Gasteiger partial charge on any atom is -0.368 e. The number of primary amides is 1. The first kappa shape index (κ1) is 19.0. The molecule has 0 fully saturated rings. The highest BCUT2D eigenvalue weighted by molar-refractivity contribution is 9.10. The Morgan fingerprint density at radius 1 is 1.12 bits per heavy atom. The van der Waals surface area contributed by atoms with Gasteiger partial charge in [0.05, 0.1) is 5.56 Å². The molecule has 0 bridgehead atoms. The van der Waals surface area contributed by atoms with Crippen molar-refractivity contribution in [2.45, 2.75) is 18.6 Å². The second-order valence-corrected chi connectivity index (χ2v) is 6.26. The lowest BCUT2D eigenvalue weighted by molar-refractivity contribution is -0.137. The van der Waals surface area contributed by atoms with Gasteiger partial charge in [0, 0.05) is 16.5 Å². The molecule has 0 aliphatic heterocycles. The fourth-order valence-corrected chi connectivity index (χ4v) is 2.65. The summed E-state index contributed by atoms with van der Waals surface area (Å²) in [6.07, 6.45) is -4.44. The Kier molecular flexibility index (Phi) is 5.84. The van der Waals surface area contributed by atoms with E-state index in [2.05, 4.69) is 21.2 Å². The first-order valence-electron chi connectivity index (χ1n) is 7.18. The number of nitrogens with one attached hydrogen (secondary N) is 1. The van der Waals surface area contributed by atoms with E-state index < -0.39 is 29.6 Å². The summed E-state index contributed by atoms with van der Waals surface area (Å²) < 4.78 is 39.0. The van der Waals surface area contributed by atoms with Crippen molar-refractivity contribution in [1.29, 1.82) is 0 Å². The van der Waals surface area contributed by atoms with Crippen LogP contribution in [-0.2, 0) is 17.4 Å². The molecule has 25 heavy (non-hydrogen) atoms. The topological polar surface area (TPSA) is 72.2 Å². The maximum atomic E-state index is 12.7. The Morgan fingerprint density at radius 2 is 1.80 bits per heavy atom. The number of hydrogen-bond acceptors (Lipinski definition) is 2. The van der Waals surface area contributed by atoms with Crippen molar-refractivity contribution in [3.8, 4) is 0 Å². The number of halogens is 4. The summed E-state index contributed by atoms with van der Waals surface area (Å²) >= 11 is 3.29. The van der Waals surface area contributed by atoms with Crippen LogP contribution in [0.5, 0.6) is 0 Å². The third-order valence-electron chi connectivity index (χ3n) is 3.43. The van der Waals surface area contributed by atoms with Crippen LogP contribution in [0.1, 0.15) is 21.5 Å². The van der Waals surface area contributed by atoms with Crippen LogP contribution in [-0.4, -0.2) is 17.9 Å². The molecule has 0 radical (unpaired) electrons. The van der Waals surface area contributed by atoms with Crippen LogP contribution in [0.2, 0.25) is 0 Å². The van der Waals surface area contributed by atoms with Crippen LogP contribution in [0.25, 0.3) is 0 Å². The average molecular weight is 415 g/mol. The Bertz CT molecular complexity index is 793. The molecule has 0 spiro atoms. The molecule has 2 aromatic carbocycles. The monoisotopic (exact) mass is 414 g/mol. The highest BCUT2D eigenvalue weighted by atomic mass is 79.9. The van der Waals surface area contributed by atoms with Gasteiger partial charge in [-0.1, -0.05) is 34.1 Å². The number of amides is 2. The van der Waals surface area contributed by atoms with Crippen LogP contribution in [0.4, 0.5) is 13.2 Å². The molecule has 0 saturated carbocycles. The van der Waals surface area contributed by atoms with E-state index in [-0.39, 0.29) is 12.0 Å². The lowest BCUT2D eigenvalue weighted by atomic mass is 10.0. The summed E-state index contributed by atoms with van der Waals surface area (Å²) in [5, 5.41) is 2.38. The summed E-state index contributed by atoms with van der Waals surface area (Å²) in [5.41, 5.74) is 4.90. The number of hydrogen-bond donors (Lipinski definition) is 2. The lowest BCUT2D eigenvalue weighted by Gasteiger charge is -2.16. The van der Waals surface area contributed by atoms with Gasteiger partial charge in [0.1, 0.15) is 6.04 Å². The average Bonchev–Trinajstić information content (AvgIpc) is 2.53. The molecule has 4 nitrogen and oxygen atoms in total. The SMILES string of the molecule is NC(=O)[C@@H](Cc1cccc(Br)c1)NC(=O)c1cccc(C(F)(F)F)c1. The van der Waals surface area contributed by atoms with E-state index in [0.29, 0.717) is 0 Å². The number of carbonyl (C=O) groups excluding carboxylic acids is 2. The molecule has 1 atom stereocenters. The van der Waals surface area contributed by atoms with E-state index in [1.165, 1.54) is 6.07 Å². The van der Waals surface area contributed by atoms with Crippen molar-refractivity contribution >= 4 is 27.7 Å². The molecule has 3 N–H and O–H groups in total. The van der Waals surface area contributed by atoms with Crippen LogP contribution in [0.3, 0.4) is 0 Å². The maximum Gasteiger partial charge on any atom is 0.416 e. The van der Waals surface area contributed by atoms with Gasteiger partial charge in [-0.15, -0.1) is 0 Å². The molecule has 2 rings (SSSR count). The quantitative estimate of drug-likeness (QED) is 0.787. The highest BCUT2D eigenvalue weighted by Gasteiger charge is 2.31. The van der Waals surface area contributed by atoms with E-state index in [1.54, 1.807) is 24.3 Å². The van der Waals surface area contributed by atoms with Gasteiger partial charge in [-0.2, -0.15) is 13.2 Å². The lowest BCUT2D eigenvalue weighted by Crippen LogP contribution is -2.45. The Morgan fingerprint density at radius 3 is 2.40 bits per heavy atom. The molecule has 0 aliphatic rings. The zero-order valence-corrected chi connectivity index (χ0v) is 14.4. The number of nitrogens with two attached hydrogens (primary N) is 1. The zero-order chi connectivity index (χ0) is 18.6. The van der Waals surface area contributed by atoms with E-state index in [0.717, 1.165) is 28.2 Å². The summed E-state index contributed by atoms with van der Waals surface area (Å²) in [7, 11) is 0. The first-order chi connectivity index (χ1) is 11.7. The van der Waals surface area contributed by atoms with Crippen molar-refractivity contribution in [1.82, 2.24) is 5.32 Å². The zero-order valence-electron chi connectivity index (χ0n) is 12.8. The number of rotatable bonds is 5. The van der Waals surface area contributed by atoms with Gasteiger partial charge < -0.3 is 11.1 Å². The molecule has 0 aliphatic carbocycles. The van der Waals surface area contributed by atoms with Gasteiger partial charge in [0.15, 0.2) is 0 Å². The third kappa shape index (κ3) is 5.32. The Labute approximate surface area is 150 Å². The summed E-state index contributed by atoms with van der Waals surface area (Å²) in [5.74, 6) is -1.58. The fourth-order valence-electron chi connectivity index (χ4n) is 2.20. The first-order valence-corrected chi connectivity index (χ1v) is 7.98. The van der Waals surface area contributed by atoms with E-state index >= 15 is 0 Å². The minimum absolute atomic E-state index is 0.124. The van der Waals surface area contributed by atoms with Crippen molar-refractivity contribution in [3.63, 3.8) is 0 Å². The van der Waals surface area contributed by atoms with Gasteiger partial charge in [-0.05, 0) is 35.9 Å². The molecule has 2 amide bonds. The Balaban J connectivity index is 2.17. The predicted molar refractivity (Wildman–Crippen MR) is 89.7 cm³/mol. The largest absolute Gasteiger partial charge is 0.416 e. The van der Waals surface area contributed by atoms with Crippen molar-refractivity contribution in [3.05, 3.63) is 69.7 Å². The van der Waals surface area contributed by atoms with Gasteiger partial charge in [-0.25, -0.2) is 0 Å². The summed E-state index contributed by atoms with van der Waals surface area (Å²) in [4.78, 5) is 23.8. The van der Waals surface area contributed by atoms with Crippen LogP contribution in [0, 0.1) is 0 Å². The molecule has 132 valence electrons. The fraction of sp³-hybridized carbons (Fsp3) is 0.176. The molecule has 8 heteroatoms. The van der Waals surface area contributed by atoms with Crippen molar-refractivity contribution in [2.24, 2.45) is 5.73 Å². The van der Waals surface area contributed by atoms with Crippen molar-refractivity contribution in [2.75, 3.05) is 0 Å². The summed E-state index contributed by atoms with van der Waals surface area (Å²) in [6, 6.07) is 9.97. The number of carbonyl (C=O) groups is 2. The molecular weight excluding hydrogens is 401 g/mol. The molecular formula is C17H14BrF3N2O2. The van der Waals surface area contributed by atoms with Gasteiger partial charge in [-0.3, -0.25) is 9.59 Å². The van der Waals surface area contributed by atoms with E-state index in [9.17, 15) is 22.8 Å². The molecule has 0 saturated heterocycles. The van der Waals surface area contributed by atoms with Gasteiger partial charge in [0.2, 0.25) is 5.91 Å². The van der Waals surface area contributed by atoms with Crippen molar-refractivity contribution < 1.29 is 22.8 Å². The molecule has 2 aromatic rings. The minimum atomic E-state index is -4.56.